The molecule has 0 aliphatic heterocycles. The highest BCUT2D eigenvalue weighted by Gasteiger charge is 2.05. The van der Waals surface area contributed by atoms with Crippen molar-refractivity contribution in [3.8, 4) is 0 Å². The molecule has 2 rings (SSSR count). The number of para-hydroxylation sites is 1. The molecule has 0 saturated carbocycles. The molecule has 0 radical (unpaired) electrons. The maximum Gasteiger partial charge on any atom is 0.137 e. The third-order valence-electron chi connectivity index (χ3n) is 3.19. The molecule has 0 atom stereocenters. The number of halogens is 2. The normalized spacial score (nSPS) is 10.5. The Balaban J connectivity index is 2.16. The fourth-order valence-electron chi connectivity index (χ4n) is 2.12. The van der Waals surface area contributed by atoms with Crippen LogP contribution >= 0.6 is 15.9 Å². The standard InChI is InChI=1S/C16H17BrFN/c1-3-13-6-4-5-11(2)16(13)19-10-12-7-8-14(17)15(18)9-12/h4-9,19H,3,10H2,1-2H3. The minimum absolute atomic E-state index is 0.222. The molecule has 1 nitrogen and oxygen atoms in total. The Kier molecular flexibility index (Phi) is 4.59. The molecule has 0 spiro atoms. The first-order chi connectivity index (χ1) is 9.11. The van der Waals surface area contributed by atoms with Crippen LogP contribution in [0.25, 0.3) is 0 Å². The first-order valence-electron chi connectivity index (χ1n) is 6.38. The summed E-state index contributed by atoms with van der Waals surface area (Å²) in [6.07, 6.45) is 0.985. The van der Waals surface area contributed by atoms with Crippen molar-refractivity contribution in [1.29, 1.82) is 0 Å². The van der Waals surface area contributed by atoms with Crippen molar-refractivity contribution < 1.29 is 4.39 Å². The lowest BCUT2D eigenvalue weighted by Gasteiger charge is -2.14. The molecule has 0 aliphatic carbocycles. The Morgan fingerprint density at radius 2 is 2.00 bits per heavy atom. The molecule has 100 valence electrons. The summed E-state index contributed by atoms with van der Waals surface area (Å²) in [6.45, 7) is 4.85. The van der Waals surface area contributed by atoms with Crippen molar-refractivity contribution in [2.75, 3.05) is 5.32 Å². The molecule has 3 heteroatoms. The van der Waals surface area contributed by atoms with Crippen molar-refractivity contribution in [2.45, 2.75) is 26.8 Å². The van der Waals surface area contributed by atoms with Crippen LogP contribution in [0.15, 0.2) is 40.9 Å². The average Bonchev–Trinajstić information content (AvgIpc) is 2.41. The van der Waals surface area contributed by atoms with Crippen LogP contribution in [0.3, 0.4) is 0 Å². The first kappa shape index (κ1) is 14.1. The van der Waals surface area contributed by atoms with Gasteiger partial charge in [-0.2, -0.15) is 0 Å². The maximum atomic E-state index is 13.5. The van der Waals surface area contributed by atoms with Crippen molar-refractivity contribution in [3.63, 3.8) is 0 Å². The molecule has 0 aromatic heterocycles. The molecule has 0 unspecified atom stereocenters. The fraction of sp³-hybridized carbons (Fsp3) is 0.250. The van der Waals surface area contributed by atoms with E-state index in [1.807, 2.05) is 6.07 Å². The molecule has 0 aliphatic rings. The van der Waals surface area contributed by atoms with E-state index in [2.05, 4.69) is 53.3 Å². The summed E-state index contributed by atoms with van der Waals surface area (Å²) < 4.78 is 14.0. The third-order valence-corrected chi connectivity index (χ3v) is 3.84. The van der Waals surface area contributed by atoms with Crippen molar-refractivity contribution >= 4 is 21.6 Å². The Bertz CT molecular complexity index is 581. The van der Waals surface area contributed by atoms with Gasteiger partial charge in [0.05, 0.1) is 4.47 Å². The lowest BCUT2D eigenvalue weighted by atomic mass is 10.1. The van der Waals surface area contributed by atoms with E-state index in [1.54, 1.807) is 12.1 Å². The topological polar surface area (TPSA) is 12.0 Å². The van der Waals surface area contributed by atoms with E-state index in [0.717, 1.165) is 17.7 Å². The van der Waals surface area contributed by atoms with Crippen molar-refractivity contribution in [1.82, 2.24) is 0 Å². The summed E-state index contributed by atoms with van der Waals surface area (Å²) >= 11 is 3.16. The van der Waals surface area contributed by atoms with Gasteiger partial charge in [0, 0.05) is 12.2 Å². The highest BCUT2D eigenvalue weighted by atomic mass is 79.9. The SMILES string of the molecule is CCc1cccc(C)c1NCc1ccc(Br)c(F)c1. The molecule has 0 amide bonds. The van der Waals surface area contributed by atoms with E-state index >= 15 is 0 Å². The van der Waals surface area contributed by atoms with E-state index in [0.29, 0.717) is 11.0 Å². The Morgan fingerprint density at radius 3 is 2.68 bits per heavy atom. The minimum atomic E-state index is -0.222. The van der Waals surface area contributed by atoms with Gasteiger partial charge >= 0.3 is 0 Å². The van der Waals surface area contributed by atoms with Crippen LogP contribution < -0.4 is 5.32 Å². The summed E-state index contributed by atoms with van der Waals surface area (Å²) in [4.78, 5) is 0. The van der Waals surface area contributed by atoms with Gasteiger partial charge in [0.25, 0.3) is 0 Å². The zero-order chi connectivity index (χ0) is 13.8. The Morgan fingerprint density at radius 1 is 1.21 bits per heavy atom. The number of anilines is 1. The third kappa shape index (κ3) is 3.35. The summed E-state index contributed by atoms with van der Waals surface area (Å²) in [7, 11) is 0. The second kappa shape index (κ2) is 6.20. The molecule has 2 aromatic rings. The predicted molar refractivity (Wildman–Crippen MR) is 82.0 cm³/mol. The number of hydrogen-bond acceptors (Lipinski definition) is 1. The number of hydrogen-bond donors (Lipinski definition) is 1. The second-order valence-electron chi connectivity index (χ2n) is 4.56. The zero-order valence-corrected chi connectivity index (χ0v) is 12.7. The molecular formula is C16H17BrFN. The van der Waals surface area contributed by atoms with Crippen LogP contribution in [0.4, 0.5) is 10.1 Å². The van der Waals surface area contributed by atoms with Crippen LogP contribution in [0.5, 0.6) is 0 Å². The highest BCUT2D eigenvalue weighted by molar-refractivity contribution is 9.10. The van der Waals surface area contributed by atoms with Crippen LogP contribution in [0.1, 0.15) is 23.6 Å². The van der Waals surface area contributed by atoms with Gasteiger partial charge in [-0.25, -0.2) is 4.39 Å². The van der Waals surface area contributed by atoms with Gasteiger partial charge in [-0.1, -0.05) is 31.2 Å². The van der Waals surface area contributed by atoms with Crippen LogP contribution in [0.2, 0.25) is 0 Å². The Labute approximate surface area is 122 Å². The predicted octanol–water partition coefficient (Wildman–Crippen LogP) is 5.07. The Hall–Kier alpha value is -1.35. The van der Waals surface area contributed by atoms with Crippen molar-refractivity contribution in [3.05, 3.63) is 63.4 Å². The van der Waals surface area contributed by atoms with Gasteiger partial charge in [0.15, 0.2) is 0 Å². The zero-order valence-electron chi connectivity index (χ0n) is 11.1. The van der Waals surface area contributed by atoms with E-state index in [4.69, 9.17) is 0 Å². The molecule has 19 heavy (non-hydrogen) atoms. The molecular weight excluding hydrogens is 305 g/mol. The van der Waals surface area contributed by atoms with Crippen LogP contribution in [-0.2, 0) is 13.0 Å². The monoisotopic (exact) mass is 321 g/mol. The van der Waals surface area contributed by atoms with Gasteiger partial charge in [-0.3, -0.25) is 0 Å². The van der Waals surface area contributed by atoms with E-state index in [1.165, 1.54) is 11.1 Å². The number of rotatable bonds is 4. The summed E-state index contributed by atoms with van der Waals surface area (Å²) in [5.41, 5.74) is 4.61. The first-order valence-corrected chi connectivity index (χ1v) is 7.17. The van der Waals surface area contributed by atoms with E-state index < -0.39 is 0 Å². The number of aryl methyl sites for hydroxylation is 2. The minimum Gasteiger partial charge on any atom is -0.381 e. The fourth-order valence-corrected chi connectivity index (χ4v) is 2.36. The smallest absolute Gasteiger partial charge is 0.137 e. The summed E-state index contributed by atoms with van der Waals surface area (Å²) in [5.74, 6) is -0.222. The molecule has 0 bridgehead atoms. The van der Waals surface area contributed by atoms with Crippen LogP contribution in [0, 0.1) is 12.7 Å². The number of benzene rings is 2. The molecule has 0 heterocycles. The summed E-state index contributed by atoms with van der Waals surface area (Å²) in [6, 6.07) is 11.5. The number of nitrogens with one attached hydrogen (secondary N) is 1. The van der Waals surface area contributed by atoms with Crippen LogP contribution in [-0.4, -0.2) is 0 Å². The lowest BCUT2D eigenvalue weighted by Crippen LogP contribution is -2.04. The lowest BCUT2D eigenvalue weighted by molar-refractivity contribution is 0.619. The van der Waals surface area contributed by atoms with Crippen molar-refractivity contribution in [2.24, 2.45) is 0 Å². The van der Waals surface area contributed by atoms with Gasteiger partial charge in [0.1, 0.15) is 5.82 Å². The highest BCUT2D eigenvalue weighted by Crippen LogP contribution is 2.22. The summed E-state index contributed by atoms with van der Waals surface area (Å²) in [5, 5.41) is 3.41. The maximum absolute atomic E-state index is 13.5. The quantitative estimate of drug-likeness (QED) is 0.828. The van der Waals surface area contributed by atoms with E-state index in [-0.39, 0.29) is 5.82 Å². The largest absolute Gasteiger partial charge is 0.381 e. The van der Waals surface area contributed by atoms with Gasteiger partial charge in [-0.15, -0.1) is 0 Å². The van der Waals surface area contributed by atoms with Gasteiger partial charge < -0.3 is 5.32 Å². The second-order valence-corrected chi connectivity index (χ2v) is 5.42. The molecule has 0 saturated heterocycles. The molecule has 1 N–H and O–H groups in total. The van der Waals surface area contributed by atoms with Gasteiger partial charge in [0.2, 0.25) is 0 Å². The van der Waals surface area contributed by atoms with E-state index in [9.17, 15) is 4.39 Å². The molecule has 0 fully saturated rings. The molecule has 2 aromatic carbocycles. The van der Waals surface area contributed by atoms with Gasteiger partial charge in [-0.05, 0) is 58.1 Å². The average molecular weight is 322 g/mol.